The van der Waals surface area contributed by atoms with E-state index in [1.807, 2.05) is 6.92 Å². The van der Waals surface area contributed by atoms with E-state index in [2.05, 4.69) is 13.5 Å². The predicted octanol–water partition coefficient (Wildman–Crippen LogP) is -1.01. The van der Waals surface area contributed by atoms with E-state index in [1.54, 1.807) is 6.92 Å². The van der Waals surface area contributed by atoms with E-state index in [4.69, 9.17) is 33.2 Å². The molecule has 1 spiro atoms. The van der Waals surface area contributed by atoms with Crippen LogP contribution in [0.2, 0.25) is 0 Å². The number of aliphatic hydroxyl groups is 9. The summed E-state index contributed by atoms with van der Waals surface area (Å²) in [4.78, 5) is 13.3. The average Bonchev–Trinajstić information content (AvgIpc) is 3.39. The number of aliphatic hydroxyl groups excluding tert-OH is 9. The van der Waals surface area contributed by atoms with Crippen molar-refractivity contribution in [2.75, 3.05) is 26.9 Å². The van der Waals surface area contributed by atoms with Crippen molar-refractivity contribution in [3.8, 4) is 0 Å². The smallest absolute Gasteiger partial charge is 0.311 e. The summed E-state index contributed by atoms with van der Waals surface area (Å²) in [7, 11) is 1.45. The molecule has 0 aromatic heterocycles. The van der Waals surface area contributed by atoms with E-state index < -0.39 is 123 Å². The Morgan fingerprint density at radius 1 is 0.719 bits per heavy atom. The number of carbonyl (C=O) groups excluding carboxylic acids is 1. The third-order valence-electron chi connectivity index (χ3n) is 15.6. The minimum atomic E-state index is -1.87. The second kappa shape index (κ2) is 16.1. The molecule has 57 heavy (non-hydrogen) atoms. The zero-order valence-corrected chi connectivity index (χ0v) is 33.3. The molecule has 0 aromatic rings. The van der Waals surface area contributed by atoms with Crippen molar-refractivity contribution in [2.45, 2.75) is 170 Å². The highest BCUT2D eigenvalue weighted by molar-refractivity contribution is 5.77. The second-order valence-corrected chi connectivity index (χ2v) is 18.6. The Balaban J connectivity index is 1.21. The first-order chi connectivity index (χ1) is 26.9. The molecule has 0 unspecified atom stereocenters. The highest BCUT2D eigenvalue weighted by atomic mass is 16.8. The molecule has 0 radical (unpaired) electrons. The van der Waals surface area contributed by atoms with Gasteiger partial charge in [-0.1, -0.05) is 26.8 Å². The molecular formula is C40H64O17. The first kappa shape index (κ1) is 43.7. The molecule has 7 aliphatic rings. The van der Waals surface area contributed by atoms with Gasteiger partial charge in [0.25, 0.3) is 0 Å². The molecule has 7 rings (SSSR count). The van der Waals surface area contributed by atoms with Crippen LogP contribution in [0.4, 0.5) is 0 Å². The molecule has 0 aromatic carbocycles. The first-order valence-corrected chi connectivity index (χ1v) is 20.6. The fourth-order valence-electron chi connectivity index (χ4n) is 12.5. The van der Waals surface area contributed by atoms with Crippen molar-refractivity contribution >= 4 is 5.97 Å². The molecule has 17 heteroatoms. The van der Waals surface area contributed by atoms with Crippen molar-refractivity contribution in [3.63, 3.8) is 0 Å². The normalized spacial score (nSPS) is 53.8. The second-order valence-electron chi connectivity index (χ2n) is 18.6. The lowest BCUT2D eigenvalue weighted by atomic mass is 9.41. The quantitative estimate of drug-likeness (QED) is 0.0727. The fraction of sp³-hybridized carbons (Fsp3) is 0.925. The standard InChI is InChI=1S/C40H64O17/c1-18-13-39-11-7-23-37(3,9-6-10-38(23,4)36(50)51-5)24(39)8-12-40(18,17-39)57-35-32(56-34-30(49)28(47)26(45)21(15-42)53-34)31(27(46)22(16-43)54-35)55-33-29(48)25(44)19(2)20(14-41)52-33/h19-35,41-49H,1,6-17H2,2-5H3/t19-,20-,21-,22-,23+,24+,25+,26-,27-,28+,29-,30-,31+,32-,33+,34+,35+,37-,38-,39-,40+/m1/s1. The number of methoxy groups -OCH3 is 1. The number of rotatable bonds is 10. The van der Waals surface area contributed by atoms with Crippen LogP contribution < -0.4 is 0 Å². The van der Waals surface area contributed by atoms with E-state index in [0.29, 0.717) is 19.3 Å². The lowest BCUT2D eigenvalue weighted by molar-refractivity contribution is -0.398. The number of fused-ring (bicyclic) bond motifs is 3. The number of hydrogen-bond acceptors (Lipinski definition) is 17. The Hall–Kier alpha value is -1.39. The van der Waals surface area contributed by atoms with E-state index in [-0.39, 0.29) is 28.6 Å². The van der Waals surface area contributed by atoms with Crippen molar-refractivity contribution in [1.82, 2.24) is 0 Å². The van der Waals surface area contributed by atoms with Crippen LogP contribution in [0.1, 0.15) is 78.6 Å². The Kier molecular flexibility index (Phi) is 12.4. The van der Waals surface area contributed by atoms with E-state index in [9.17, 15) is 50.8 Å². The fourth-order valence-corrected chi connectivity index (χ4v) is 12.5. The maximum absolute atomic E-state index is 13.3. The molecule has 3 aliphatic heterocycles. The van der Waals surface area contributed by atoms with Crippen LogP contribution >= 0.6 is 0 Å². The summed E-state index contributed by atoms with van der Waals surface area (Å²) >= 11 is 0. The molecule has 3 saturated heterocycles. The molecule has 17 nitrogen and oxygen atoms in total. The van der Waals surface area contributed by atoms with Crippen molar-refractivity contribution in [3.05, 3.63) is 12.2 Å². The largest absolute Gasteiger partial charge is 0.469 e. The Morgan fingerprint density at radius 2 is 1.30 bits per heavy atom. The maximum atomic E-state index is 13.3. The summed E-state index contributed by atoms with van der Waals surface area (Å²) in [6, 6.07) is 0. The molecule has 4 saturated carbocycles. The first-order valence-electron chi connectivity index (χ1n) is 20.6. The molecule has 0 amide bonds. The zero-order chi connectivity index (χ0) is 41.4. The van der Waals surface area contributed by atoms with Gasteiger partial charge in [-0.3, -0.25) is 4.79 Å². The summed E-state index contributed by atoms with van der Waals surface area (Å²) in [6.45, 7) is 8.51. The van der Waals surface area contributed by atoms with Gasteiger partial charge in [0.2, 0.25) is 0 Å². The molecule has 9 N–H and O–H groups in total. The van der Waals surface area contributed by atoms with Crippen molar-refractivity contribution < 1.29 is 83.9 Å². The van der Waals surface area contributed by atoms with Gasteiger partial charge in [-0.05, 0) is 86.5 Å². The summed E-state index contributed by atoms with van der Waals surface area (Å²) in [5.41, 5.74) is -1.11. The number of hydrogen-bond donors (Lipinski definition) is 9. The van der Waals surface area contributed by atoms with Crippen LogP contribution in [0.3, 0.4) is 0 Å². The van der Waals surface area contributed by atoms with E-state index >= 15 is 0 Å². The zero-order valence-electron chi connectivity index (χ0n) is 33.3. The van der Waals surface area contributed by atoms with Crippen molar-refractivity contribution in [1.29, 1.82) is 0 Å². The summed E-state index contributed by atoms with van der Waals surface area (Å²) < 4.78 is 42.7. The third kappa shape index (κ3) is 7.03. The van der Waals surface area contributed by atoms with Gasteiger partial charge >= 0.3 is 5.97 Å². The van der Waals surface area contributed by atoms with Crippen molar-refractivity contribution in [2.24, 2.45) is 34.0 Å². The highest BCUT2D eigenvalue weighted by Crippen LogP contribution is 2.73. The van der Waals surface area contributed by atoms with Crippen LogP contribution in [0, 0.1) is 34.0 Å². The lowest BCUT2D eigenvalue weighted by Gasteiger charge is -2.64. The lowest BCUT2D eigenvalue weighted by Crippen LogP contribution is -2.67. The predicted molar refractivity (Wildman–Crippen MR) is 194 cm³/mol. The Labute approximate surface area is 332 Å². The topological polar surface area (TPSA) is 264 Å². The maximum Gasteiger partial charge on any atom is 0.311 e. The minimum absolute atomic E-state index is 0.135. The van der Waals surface area contributed by atoms with Crippen LogP contribution in [0.25, 0.3) is 0 Å². The number of carbonyl (C=O) groups is 1. The highest BCUT2D eigenvalue weighted by Gasteiger charge is 2.69. The summed E-state index contributed by atoms with van der Waals surface area (Å²) in [5, 5.41) is 96.1. The van der Waals surface area contributed by atoms with Gasteiger partial charge in [0.15, 0.2) is 18.9 Å². The number of ether oxygens (including phenoxy) is 7. The van der Waals surface area contributed by atoms with Crippen LogP contribution in [-0.2, 0) is 38.0 Å². The van der Waals surface area contributed by atoms with Gasteiger partial charge in [-0.2, -0.15) is 0 Å². The van der Waals surface area contributed by atoms with Crippen LogP contribution in [0.15, 0.2) is 12.2 Å². The van der Waals surface area contributed by atoms with Gasteiger partial charge < -0.3 is 79.1 Å². The van der Waals surface area contributed by atoms with E-state index in [0.717, 1.165) is 44.1 Å². The molecule has 326 valence electrons. The molecule has 2 bridgehead atoms. The molecule has 7 fully saturated rings. The van der Waals surface area contributed by atoms with Gasteiger partial charge in [-0.15, -0.1) is 0 Å². The van der Waals surface area contributed by atoms with Gasteiger partial charge in [-0.25, -0.2) is 0 Å². The Bertz CT molecular complexity index is 1460. The van der Waals surface area contributed by atoms with Crippen LogP contribution in [0.5, 0.6) is 0 Å². The van der Waals surface area contributed by atoms with Gasteiger partial charge in [0.05, 0.1) is 50.2 Å². The summed E-state index contributed by atoms with van der Waals surface area (Å²) in [5.74, 6) is -0.477. The molecule has 4 aliphatic carbocycles. The van der Waals surface area contributed by atoms with Crippen LogP contribution in [-0.4, -0.2) is 170 Å². The summed E-state index contributed by atoms with van der Waals surface area (Å²) in [6.07, 6.45) is -15.0. The average molecular weight is 817 g/mol. The molecule has 3 heterocycles. The number of esters is 1. The Morgan fingerprint density at radius 3 is 1.95 bits per heavy atom. The molecular weight excluding hydrogens is 752 g/mol. The minimum Gasteiger partial charge on any atom is -0.469 e. The van der Waals surface area contributed by atoms with E-state index in [1.165, 1.54) is 7.11 Å². The SMILES string of the molecule is C=C1C[C@@]23CC[C@H]4[C@@](C)(CCC[C@@]4(C)C(=O)OC)[C@@H]2CC[C@]1(O[C@@H]1O[C@H](CO)[C@@H](O)[C@H](O[C@@H]2O[C@H](CO)[C@@H](C)[C@H](O)[C@H]2O)[C@H]1O[C@@H]1O[C@H](CO)[C@@H](O)[C@H](O)[C@H]1O)C3. The molecule has 21 atom stereocenters. The van der Waals surface area contributed by atoms with Gasteiger partial charge in [0, 0.05) is 5.92 Å². The third-order valence-corrected chi connectivity index (χ3v) is 15.6. The van der Waals surface area contributed by atoms with Gasteiger partial charge in [0.1, 0.15) is 54.9 Å². The monoisotopic (exact) mass is 816 g/mol.